The fourth-order valence-corrected chi connectivity index (χ4v) is 13.5. The number of rotatable bonds is 20. The minimum atomic E-state index is -0.840. The van der Waals surface area contributed by atoms with E-state index in [0.717, 1.165) is 95.0 Å². The molecule has 2 aliphatic rings. The van der Waals surface area contributed by atoms with Crippen LogP contribution in [0.1, 0.15) is 152 Å². The molecule has 536 valence electrons. The summed E-state index contributed by atoms with van der Waals surface area (Å²) in [4.78, 5) is 56.9. The first kappa shape index (κ1) is 86.6. The summed E-state index contributed by atoms with van der Waals surface area (Å²) in [6, 6.07) is 22.0. The van der Waals surface area contributed by atoms with Gasteiger partial charge >= 0.3 is 12.1 Å². The number of amides is 6. The fourth-order valence-electron chi connectivity index (χ4n) is 8.94. The van der Waals surface area contributed by atoms with Crippen LogP contribution in [0.25, 0.3) is 0 Å². The van der Waals surface area contributed by atoms with Crippen molar-refractivity contribution >= 4 is 155 Å². The van der Waals surface area contributed by atoms with Gasteiger partial charge in [-0.2, -0.15) is 10.5 Å². The number of nitriles is 2. The topological polar surface area (TPSA) is 286 Å². The number of β-amino-alcohol motifs (C(OH)–C–C–N with tert-alkyl or cyclic N) is 2. The van der Waals surface area contributed by atoms with Crippen molar-refractivity contribution in [2.75, 3.05) is 85.2 Å². The molecule has 4 N–H and O–H groups in total. The molecule has 4 heterocycles. The minimum absolute atomic E-state index is 0.0294. The number of aromatic nitrogens is 4. The van der Waals surface area contributed by atoms with Gasteiger partial charge in [-0.25, -0.2) is 19.4 Å². The van der Waals surface area contributed by atoms with Gasteiger partial charge in [-0.15, -0.1) is 43.6 Å². The van der Waals surface area contributed by atoms with E-state index >= 15 is 0 Å². The summed E-state index contributed by atoms with van der Waals surface area (Å²) >= 11 is 26.7. The van der Waals surface area contributed by atoms with Gasteiger partial charge < -0.3 is 39.7 Å². The zero-order chi connectivity index (χ0) is 73.8. The predicted octanol–water partition coefficient (Wildman–Crippen LogP) is 15.9. The standard InChI is InChI=1S/2C17H26ClNO2.2C10H16N4O2S.2C7H3Br2NO/c2*1-4-7-11-21-13-19(16(20)12-18)17-14(5-2)9-8-10-15(17)6-3;2*1-10(2,3)7-11-12-8(17-7)14-6(15)5-13(4)9(14)16;2*8-5-1-4(3-10)2-6(9)7(5)11/h2*8-10H,4-7,11-13H2,1-3H3;2*6,15H,5H2,1-4H3;2*1-2,11H. The van der Waals surface area contributed by atoms with Gasteiger partial charge in [0.2, 0.25) is 22.1 Å². The molecule has 2 fully saturated rings. The van der Waals surface area contributed by atoms with E-state index in [1.807, 2.05) is 65.8 Å². The van der Waals surface area contributed by atoms with E-state index in [1.54, 1.807) is 48.2 Å². The van der Waals surface area contributed by atoms with Crippen molar-refractivity contribution in [2.24, 2.45) is 0 Å². The van der Waals surface area contributed by atoms with Crippen LogP contribution in [-0.2, 0) is 55.6 Å². The number of halogens is 6. The Morgan fingerprint density at radius 3 is 1.09 bits per heavy atom. The molecule has 22 nitrogen and oxygen atoms in total. The molecule has 0 aliphatic carbocycles. The SMILES string of the molecule is CCCCOCN(C(=O)CCl)c1c(CC)cccc1CC.CCCCOCN(C(=O)CCl)c1c(CC)cccc1CC.CN1CC(O)N(c2nnc(C(C)(C)C)s2)C1=O.CN1CC(O)N(c2nnc(C(C)(C)C)s2)C1=O.N#Cc1cc(Br)c(O)c(Br)c1.N#Cc1cc(Br)c(O)c(Br)c1. The number of nitrogens with zero attached hydrogens (tertiary/aromatic N) is 12. The van der Waals surface area contributed by atoms with Crippen LogP contribution in [0.4, 0.5) is 31.2 Å². The van der Waals surface area contributed by atoms with Crippen LogP contribution in [0.15, 0.2) is 78.6 Å². The molecule has 2 aromatic heterocycles. The largest absolute Gasteiger partial charge is 0.506 e. The number of alkyl halides is 2. The minimum Gasteiger partial charge on any atom is -0.506 e. The highest BCUT2D eigenvalue weighted by Gasteiger charge is 2.39. The number of hydrogen-bond donors (Lipinski definition) is 4. The number of benzene rings is 4. The van der Waals surface area contributed by atoms with E-state index < -0.39 is 12.5 Å². The maximum Gasteiger partial charge on any atom is 0.328 e. The van der Waals surface area contributed by atoms with Crippen LogP contribution in [0.2, 0.25) is 0 Å². The smallest absolute Gasteiger partial charge is 0.328 e. The highest BCUT2D eigenvalue weighted by molar-refractivity contribution is 9.11. The number of carbonyl (C=O) groups is 4. The summed E-state index contributed by atoms with van der Waals surface area (Å²) in [5, 5.41) is 73.8. The number of para-hydroxylation sites is 2. The number of anilines is 4. The van der Waals surface area contributed by atoms with Gasteiger partial charge in [0.1, 0.15) is 46.7 Å². The lowest BCUT2D eigenvalue weighted by atomic mass is 9.98. The maximum absolute atomic E-state index is 12.2. The van der Waals surface area contributed by atoms with Crippen molar-refractivity contribution in [1.82, 2.24) is 30.2 Å². The number of hydrogen-bond acceptors (Lipinski definition) is 18. The van der Waals surface area contributed by atoms with E-state index in [4.69, 9.17) is 43.2 Å². The van der Waals surface area contributed by atoms with Crippen LogP contribution < -0.4 is 19.6 Å². The number of unbranched alkanes of at least 4 members (excludes halogenated alkanes) is 2. The van der Waals surface area contributed by atoms with Gasteiger partial charge in [-0.3, -0.25) is 19.4 Å². The molecule has 0 saturated carbocycles. The Morgan fingerprint density at radius 2 is 0.878 bits per heavy atom. The summed E-state index contributed by atoms with van der Waals surface area (Å²) in [6.07, 6.45) is 5.99. The molecular formula is C68H90Br4Cl2N12O10S2. The van der Waals surface area contributed by atoms with Gasteiger partial charge in [-0.1, -0.05) is 155 Å². The summed E-state index contributed by atoms with van der Waals surface area (Å²) in [5.74, 6) is -0.0445. The number of aromatic hydroxyl groups is 2. The number of urea groups is 2. The molecule has 0 bridgehead atoms. The molecule has 30 heteroatoms. The molecule has 98 heavy (non-hydrogen) atoms. The number of phenols is 2. The number of ether oxygens (including phenoxy) is 2. The Morgan fingerprint density at radius 1 is 0.582 bits per heavy atom. The third-order valence-electron chi connectivity index (χ3n) is 14.4. The van der Waals surface area contributed by atoms with E-state index in [9.17, 15) is 39.6 Å². The van der Waals surface area contributed by atoms with E-state index in [0.29, 0.717) is 65.6 Å². The fraction of sp³-hybridized carbons (Fsp3) is 0.500. The van der Waals surface area contributed by atoms with Crippen LogP contribution in [0.5, 0.6) is 11.5 Å². The molecule has 8 rings (SSSR count). The number of aliphatic hydroxyl groups is 2. The molecule has 2 atom stereocenters. The Kier molecular flexibility index (Phi) is 37.7. The summed E-state index contributed by atoms with van der Waals surface area (Å²) in [5.41, 5.74) is 7.39. The summed E-state index contributed by atoms with van der Waals surface area (Å²) in [6.45, 7) is 27.3. The van der Waals surface area contributed by atoms with Crippen molar-refractivity contribution in [3.63, 3.8) is 0 Å². The highest BCUT2D eigenvalue weighted by Crippen LogP contribution is 2.37. The van der Waals surface area contributed by atoms with Crippen LogP contribution >= 0.6 is 110 Å². The molecular weight excluding hydrogens is 1600 g/mol. The maximum atomic E-state index is 12.2. The van der Waals surface area contributed by atoms with Crippen molar-refractivity contribution in [3.8, 4) is 23.6 Å². The molecule has 0 radical (unpaired) electrons. The molecule has 4 aromatic carbocycles. The number of aryl methyl sites for hydroxylation is 4. The average molecular weight is 1690 g/mol. The second kappa shape index (κ2) is 42.6. The Labute approximate surface area is 628 Å². The van der Waals surface area contributed by atoms with E-state index in [1.165, 1.54) is 42.3 Å². The third kappa shape index (κ3) is 25.5. The number of phenolic OH excluding ortho intramolecular Hbond substituents is 2. The van der Waals surface area contributed by atoms with Crippen molar-refractivity contribution < 1.29 is 49.1 Å². The quantitative estimate of drug-likeness (QED) is 0.0314. The second-order valence-corrected chi connectivity index (χ2v) is 29.9. The van der Waals surface area contributed by atoms with Gasteiger partial charge in [0.15, 0.2) is 12.5 Å². The Balaban J connectivity index is 0.000000311. The van der Waals surface area contributed by atoms with Crippen molar-refractivity contribution in [3.05, 3.63) is 122 Å². The second-order valence-electron chi connectivity index (χ2n) is 24.1. The Hall–Kier alpha value is -5.60. The monoisotopic (exact) mass is 1680 g/mol. The summed E-state index contributed by atoms with van der Waals surface area (Å²) < 4.78 is 13.4. The van der Waals surface area contributed by atoms with Gasteiger partial charge in [0, 0.05) is 38.1 Å². The van der Waals surface area contributed by atoms with Crippen LogP contribution in [-0.4, -0.2) is 153 Å². The lowest BCUT2D eigenvalue weighted by Gasteiger charge is -2.26. The Bertz CT molecular complexity index is 3330. The predicted molar refractivity (Wildman–Crippen MR) is 405 cm³/mol. The first-order chi connectivity index (χ1) is 46.3. The first-order valence-corrected chi connectivity index (χ1v) is 37.5. The van der Waals surface area contributed by atoms with Crippen LogP contribution in [0, 0.1) is 22.7 Å². The van der Waals surface area contributed by atoms with E-state index in [-0.39, 0.29) is 71.4 Å². The average Bonchev–Trinajstić information content (AvgIpc) is 1.13. The zero-order valence-corrected chi connectivity index (χ0v) is 67.4. The van der Waals surface area contributed by atoms with Gasteiger partial charge in [0.05, 0.1) is 65.6 Å². The van der Waals surface area contributed by atoms with Crippen LogP contribution in [0.3, 0.4) is 0 Å². The third-order valence-corrected chi connectivity index (χ3v) is 19.9. The van der Waals surface area contributed by atoms with Crippen molar-refractivity contribution in [2.45, 2.75) is 158 Å². The van der Waals surface area contributed by atoms with Crippen molar-refractivity contribution in [1.29, 1.82) is 10.5 Å². The number of aliphatic hydroxyl groups excluding tert-OH is 2. The number of likely N-dealkylation sites (N-methyl/N-ethyl adjacent to an activating group) is 2. The van der Waals surface area contributed by atoms with Gasteiger partial charge in [0.25, 0.3) is 0 Å². The summed E-state index contributed by atoms with van der Waals surface area (Å²) in [7, 11) is 3.30. The molecule has 6 amide bonds. The molecule has 2 unspecified atom stereocenters. The first-order valence-electron chi connectivity index (χ1n) is 31.7. The molecule has 6 aromatic rings. The normalized spacial score (nSPS) is 14.1. The van der Waals surface area contributed by atoms with Gasteiger partial charge in [-0.05, 0) is 149 Å². The lowest BCUT2D eigenvalue weighted by Crippen LogP contribution is -2.35. The van der Waals surface area contributed by atoms with E-state index in [2.05, 4.69) is 150 Å². The highest BCUT2D eigenvalue weighted by atomic mass is 79.9. The number of carbonyl (C=O) groups excluding carboxylic acids is 4. The zero-order valence-electron chi connectivity index (χ0n) is 57.9. The lowest BCUT2D eigenvalue weighted by molar-refractivity contribution is -0.118. The molecule has 2 saturated heterocycles. The molecule has 0 spiro atoms. The molecule has 2 aliphatic heterocycles.